The molecule has 196 valence electrons. The van der Waals surface area contributed by atoms with Crippen molar-refractivity contribution in [2.45, 2.75) is 174 Å². The van der Waals surface area contributed by atoms with Crippen LogP contribution in [0.3, 0.4) is 0 Å². The average molecular weight is 464 g/mol. The summed E-state index contributed by atoms with van der Waals surface area (Å²) < 4.78 is 0. The minimum absolute atomic E-state index is 0.408. The second-order valence-electron chi connectivity index (χ2n) is 11.2. The van der Waals surface area contributed by atoms with Gasteiger partial charge in [0, 0.05) is 19.5 Å². The largest absolute Gasteiger partial charge is 0.343 e. The van der Waals surface area contributed by atoms with E-state index in [1.54, 1.807) is 0 Å². The van der Waals surface area contributed by atoms with Gasteiger partial charge in [-0.1, -0.05) is 149 Å². The molecule has 33 heavy (non-hydrogen) atoms. The highest BCUT2D eigenvalue weighted by Crippen LogP contribution is 2.19. The molecule has 1 atom stereocenters. The Bertz CT molecular complexity index is 415. The Hall–Kier alpha value is -0.530. The molecule has 1 aliphatic rings. The molecule has 0 aromatic rings. The van der Waals surface area contributed by atoms with Crippen LogP contribution >= 0.6 is 0 Å². The van der Waals surface area contributed by atoms with E-state index in [1.165, 1.54) is 148 Å². The third-order valence-corrected chi connectivity index (χ3v) is 7.85. The number of unbranched alkanes of at least 4 members (excludes halogenated alkanes) is 18. The number of carbonyl (C=O) groups excluding carboxylic acids is 1. The normalized spacial score (nSPS) is 14.8. The lowest BCUT2D eigenvalue weighted by Crippen LogP contribution is -2.27. The van der Waals surface area contributed by atoms with E-state index < -0.39 is 0 Å². The maximum absolute atomic E-state index is 12.0. The SMILES string of the molecule is CCCCCCCC(C)CCCCCCCCCCCCCCCCCC(=O)N1CCCC1. The predicted molar refractivity (Wildman–Crippen MR) is 147 cm³/mol. The molecule has 0 spiro atoms. The zero-order valence-electron chi connectivity index (χ0n) is 23.0. The standard InChI is InChI=1S/C31H61NO/c1-3-4-5-17-20-25-30(2)26-21-18-15-13-11-9-7-6-8-10-12-14-16-19-22-27-31(33)32-28-23-24-29-32/h30H,3-29H2,1-2H3. The molecule has 1 amide bonds. The van der Waals surface area contributed by atoms with Gasteiger partial charge in [0.05, 0.1) is 0 Å². The molecule has 1 rings (SSSR count). The van der Waals surface area contributed by atoms with Crippen LogP contribution in [0.5, 0.6) is 0 Å². The van der Waals surface area contributed by atoms with Crippen LogP contribution in [0.1, 0.15) is 174 Å². The lowest BCUT2D eigenvalue weighted by Gasteiger charge is -2.14. The van der Waals surface area contributed by atoms with Gasteiger partial charge in [-0.05, 0) is 25.2 Å². The molecule has 1 saturated heterocycles. The number of rotatable bonds is 24. The number of nitrogens with zero attached hydrogens (tertiary/aromatic N) is 1. The third-order valence-electron chi connectivity index (χ3n) is 7.85. The summed E-state index contributed by atoms with van der Waals surface area (Å²) in [6.45, 7) is 6.80. The highest BCUT2D eigenvalue weighted by atomic mass is 16.2. The average Bonchev–Trinajstić information content (AvgIpc) is 3.36. The first kappa shape index (κ1) is 30.5. The highest BCUT2D eigenvalue weighted by Gasteiger charge is 2.16. The molecule has 0 N–H and O–H groups in total. The van der Waals surface area contributed by atoms with Gasteiger partial charge in [-0.25, -0.2) is 0 Å². The molecular weight excluding hydrogens is 402 g/mol. The Morgan fingerprint density at radius 1 is 0.576 bits per heavy atom. The van der Waals surface area contributed by atoms with Gasteiger partial charge in [0.15, 0.2) is 0 Å². The molecule has 1 unspecified atom stereocenters. The summed E-state index contributed by atoms with van der Waals surface area (Å²) >= 11 is 0. The zero-order chi connectivity index (χ0) is 23.8. The van der Waals surface area contributed by atoms with E-state index >= 15 is 0 Å². The zero-order valence-corrected chi connectivity index (χ0v) is 23.0. The highest BCUT2D eigenvalue weighted by molar-refractivity contribution is 5.76. The first-order chi connectivity index (χ1) is 16.2. The number of hydrogen-bond acceptors (Lipinski definition) is 1. The van der Waals surface area contributed by atoms with Crippen LogP contribution in [0.4, 0.5) is 0 Å². The van der Waals surface area contributed by atoms with Crippen LogP contribution in [0, 0.1) is 5.92 Å². The quantitative estimate of drug-likeness (QED) is 0.130. The van der Waals surface area contributed by atoms with E-state index in [-0.39, 0.29) is 0 Å². The topological polar surface area (TPSA) is 20.3 Å². The van der Waals surface area contributed by atoms with E-state index in [2.05, 4.69) is 18.7 Å². The van der Waals surface area contributed by atoms with Crippen LogP contribution < -0.4 is 0 Å². The molecule has 0 bridgehead atoms. The fourth-order valence-corrected chi connectivity index (χ4v) is 5.43. The van der Waals surface area contributed by atoms with Gasteiger partial charge < -0.3 is 4.90 Å². The molecule has 2 heteroatoms. The van der Waals surface area contributed by atoms with E-state index in [4.69, 9.17) is 0 Å². The Morgan fingerprint density at radius 2 is 0.939 bits per heavy atom. The molecule has 1 heterocycles. The summed E-state index contributed by atoms with van der Waals surface area (Å²) in [7, 11) is 0. The van der Waals surface area contributed by atoms with Crippen LogP contribution in [-0.4, -0.2) is 23.9 Å². The van der Waals surface area contributed by atoms with Crippen molar-refractivity contribution in [1.82, 2.24) is 4.90 Å². The van der Waals surface area contributed by atoms with Gasteiger partial charge in [0.2, 0.25) is 5.91 Å². The lowest BCUT2D eigenvalue weighted by molar-refractivity contribution is -0.130. The van der Waals surface area contributed by atoms with E-state index in [9.17, 15) is 4.79 Å². The van der Waals surface area contributed by atoms with E-state index in [0.29, 0.717) is 5.91 Å². The molecule has 0 aromatic heterocycles. The van der Waals surface area contributed by atoms with Crippen molar-refractivity contribution in [3.05, 3.63) is 0 Å². The number of amides is 1. The van der Waals surface area contributed by atoms with E-state index in [1.807, 2.05) is 0 Å². The van der Waals surface area contributed by atoms with Crippen LogP contribution in [-0.2, 0) is 4.79 Å². The molecule has 0 radical (unpaired) electrons. The lowest BCUT2D eigenvalue weighted by atomic mass is 9.96. The molecular formula is C31H61NO. The smallest absolute Gasteiger partial charge is 0.222 e. The van der Waals surface area contributed by atoms with Gasteiger partial charge in [-0.2, -0.15) is 0 Å². The first-order valence-electron chi connectivity index (χ1n) is 15.5. The summed E-state index contributed by atoms with van der Waals surface area (Å²) in [6, 6.07) is 0. The third kappa shape index (κ3) is 19.5. The minimum Gasteiger partial charge on any atom is -0.343 e. The maximum atomic E-state index is 12.0. The summed E-state index contributed by atoms with van der Waals surface area (Å²) in [6.07, 6.45) is 34.3. The first-order valence-corrected chi connectivity index (χ1v) is 15.5. The summed E-state index contributed by atoms with van der Waals surface area (Å²) in [5.74, 6) is 1.36. The summed E-state index contributed by atoms with van der Waals surface area (Å²) in [4.78, 5) is 14.1. The van der Waals surface area contributed by atoms with Crippen molar-refractivity contribution in [3.8, 4) is 0 Å². The van der Waals surface area contributed by atoms with Crippen molar-refractivity contribution < 1.29 is 4.79 Å². The monoisotopic (exact) mass is 463 g/mol. The van der Waals surface area contributed by atoms with Crippen LogP contribution in [0.25, 0.3) is 0 Å². The van der Waals surface area contributed by atoms with Crippen molar-refractivity contribution in [2.24, 2.45) is 5.92 Å². The Labute approximate surface area is 209 Å². The number of carbonyl (C=O) groups is 1. The fraction of sp³-hybridized carbons (Fsp3) is 0.968. The molecule has 1 fully saturated rings. The van der Waals surface area contributed by atoms with Gasteiger partial charge in [0.1, 0.15) is 0 Å². The maximum Gasteiger partial charge on any atom is 0.222 e. The minimum atomic E-state index is 0.408. The van der Waals surface area contributed by atoms with Gasteiger partial charge in [0.25, 0.3) is 0 Å². The molecule has 2 nitrogen and oxygen atoms in total. The second-order valence-corrected chi connectivity index (χ2v) is 11.2. The Balaban J connectivity index is 1.69. The number of hydrogen-bond donors (Lipinski definition) is 0. The second kappa shape index (κ2) is 23.2. The van der Waals surface area contributed by atoms with Gasteiger partial charge in [-0.3, -0.25) is 4.79 Å². The predicted octanol–water partition coefficient (Wildman–Crippen LogP) is 10.2. The Morgan fingerprint density at radius 3 is 1.36 bits per heavy atom. The van der Waals surface area contributed by atoms with Crippen molar-refractivity contribution in [1.29, 1.82) is 0 Å². The van der Waals surface area contributed by atoms with E-state index in [0.717, 1.165) is 31.8 Å². The van der Waals surface area contributed by atoms with Crippen molar-refractivity contribution in [2.75, 3.05) is 13.1 Å². The number of likely N-dealkylation sites (tertiary alicyclic amines) is 1. The van der Waals surface area contributed by atoms with Crippen LogP contribution in [0.15, 0.2) is 0 Å². The summed E-state index contributed by atoms with van der Waals surface area (Å²) in [5.41, 5.74) is 0. The molecule has 0 aliphatic carbocycles. The van der Waals surface area contributed by atoms with Crippen molar-refractivity contribution in [3.63, 3.8) is 0 Å². The Kier molecular flexibility index (Phi) is 21.5. The molecule has 0 aromatic carbocycles. The van der Waals surface area contributed by atoms with Gasteiger partial charge in [-0.15, -0.1) is 0 Å². The van der Waals surface area contributed by atoms with Crippen molar-refractivity contribution >= 4 is 5.91 Å². The molecule has 1 aliphatic heterocycles. The molecule has 0 saturated carbocycles. The van der Waals surface area contributed by atoms with Crippen LogP contribution in [0.2, 0.25) is 0 Å². The fourth-order valence-electron chi connectivity index (χ4n) is 5.43. The van der Waals surface area contributed by atoms with Gasteiger partial charge >= 0.3 is 0 Å². The summed E-state index contributed by atoms with van der Waals surface area (Å²) in [5, 5.41) is 0.